The fourth-order valence-electron chi connectivity index (χ4n) is 3.24. The lowest BCUT2D eigenvalue weighted by Gasteiger charge is -2.18. The number of nitrogens with zero attached hydrogens (tertiary/aromatic N) is 4. The van der Waals surface area contributed by atoms with Gasteiger partial charge >= 0.3 is 0 Å². The van der Waals surface area contributed by atoms with Gasteiger partial charge in [0.15, 0.2) is 0 Å². The van der Waals surface area contributed by atoms with Crippen LogP contribution in [0.15, 0.2) is 48.2 Å². The third-order valence-corrected chi connectivity index (χ3v) is 5.72. The zero-order chi connectivity index (χ0) is 20.2. The molecule has 1 aromatic carbocycles. The first-order valence-corrected chi connectivity index (χ1v) is 10.5. The van der Waals surface area contributed by atoms with E-state index in [1.54, 1.807) is 17.9 Å². The molecule has 3 aromatic rings. The summed E-state index contributed by atoms with van der Waals surface area (Å²) in [6, 6.07) is 9.57. The molecule has 0 spiro atoms. The minimum atomic E-state index is -0.115. The molecule has 1 fully saturated rings. The maximum atomic E-state index is 12.2. The summed E-state index contributed by atoms with van der Waals surface area (Å²) in [4.78, 5) is 27.0. The monoisotopic (exact) mass is 429 g/mol. The van der Waals surface area contributed by atoms with E-state index in [1.807, 2.05) is 37.3 Å². The molecule has 0 saturated carbocycles. The maximum absolute atomic E-state index is 12.2. The molecule has 2 aromatic heterocycles. The van der Waals surface area contributed by atoms with Gasteiger partial charge in [0.25, 0.3) is 5.91 Å². The van der Waals surface area contributed by atoms with Gasteiger partial charge in [-0.15, -0.1) is 11.3 Å². The number of nitrogens with one attached hydrogen (secondary N) is 1. The molecule has 7 nitrogen and oxygen atoms in total. The largest absolute Gasteiger partial charge is 0.489 e. The molecule has 0 aliphatic carbocycles. The summed E-state index contributed by atoms with van der Waals surface area (Å²) < 4.78 is 6.12. The van der Waals surface area contributed by atoms with Gasteiger partial charge in [0.2, 0.25) is 5.28 Å². The summed E-state index contributed by atoms with van der Waals surface area (Å²) in [5.41, 5.74) is 2.66. The molecule has 150 valence electrons. The summed E-state index contributed by atoms with van der Waals surface area (Å²) in [7, 11) is 0. The van der Waals surface area contributed by atoms with Crippen LogP contribution in [0.5, 0.6) is 5.75 Å². The molecule has 3 heterocycles. The molecular formula is C20H20ClN5O2S. The van der Waals surface area contributed by atoms with Crippen LogP contribution in [0.2, 0.25) is 5.28 Å². The molecule has 2 atom stereocenters. The van der Waals surface area contributed by atoms with Gasteiger partial charge in [-0.2, -0.15) is 0 Å². The second-order valence-electron chi connectivity index (χ2n) is 6.79. The Morgan fingerprint density at radius 1 is 1.34 bits per heavy atom. The van der Waals surface area contributed by atoms with Crippen molar-refractivity contribution in [2.45, 2.75) is 25.5 Å². The van der Waals surface area contributed by atoms with Crippen LogP contribution >= 0.6 is 22.9 Å². The molecule has 4 rings (SSSR count). The predicted molar refractivity (Wildman–Crippen MR) is 113 cm³/mol. The third kappa shape index (κ3) is 4.83. The van der Waals surface area contributed by atoms with E-state index in [0.717, 1.165) is 36.6 Å². The number of carbonyl (C=O) groups excluding carboxylic acids is 1. The smallest absolute Gasteiger partial charge is 0.263 e. The van der Waals surface area contributed by atoms with E-state index in [4.69, 9.17) is 16.3 Å². The van der Waals surface area contributed by atoms with Crippen molar-refractivity contribution in [3.63, 3.8) is 0 Å². The fourth-order valence-corrected chi connectivity index (χ4v) is 3.91. The summed E-state index contributed by atoms with van der Waals surface area (Å²) in [5.74, 6) is 1.51. The van der Waals surface area contributed by atoms with Gasteiger partial charge in [0, 0.05) is 19.2 Å². The zero-order valence-electron chi connectivity index (χ0n) is 15.8. The topological polar surface area (TPSA) is 80.2 Å². The molecule has 1 aliphatic rings. The zero-order valence-corrected chi connectivity index (χ0v) is 17.4. The van der Waals surface area contributed by atoms with Crippen molar-refractivity contribution in [2.24, 2.45) is 0 Å². The van der Waals surface area contributed by atoms with Gasteiger partial charge in [-0.3, -0.25) is 9.78 Å². The SMILES string of the molecule is C[C@H](NC(=O)c1cncs1)c1ccc(O[C@@H]2CCN(c3ccnc(Cl)n3)C2)cc1. The quantitative estimate of drug-likeness (QED) is 0.601. The summed E-state index contributed by atoms with van der Waals surface area (Å²) in [6.45, 7) is 3.56. The second-order valence-corrected chi connectivity index (χ2v) is 8.01. The van der Waals surface area contributed by atoms with Gasteiger partial charge in [-0.25, -0.2) is 9.97 Å². The average molecular weight is 430 g/mol. The van der Waals surface area contributed by atoms with Crippen LogP contribution in [0, 0.1) is 0 Å². The number of ether oxygens (including phenoxy) is 1. The molecule has 29 heavy (non-hydrogen) atoms. The Morgan fingerprint density at radius 3 is 2.90 bits per heavy atom. The van der Waals surface area contributed by atoms with Crippen molar-refractivity contribution in [2.75, 3.05) is 18.0 Å². The lowest BCUT2D eigenvalue weighted by molar-refractivity contribution is 0.0944. The molecule has 1 amide bonds. The highest BCUT2D eigenvalue weighted by atomic mass is 35.5. The van der Waals surface area contributed by atoms with Crippen LogP contribution < -0.4 is 15.0 Å². The second kappa shape index (κ2) is 8.75. The molecule has 0 bridgehead atoms. The number of aromatic nitrogens is 3. The highest BCUT2D eigenvalue weighted by Gasteiger charge is 2.25. The molecule has 9 heteroatoms. The van der Waals surface area contributed by atoms with Crippen molar-refractivity contribution in [1.82, 2.24) is 20.3 Å². The van der Waals surface area contributed by atoms with E-state index in [9.17, 15) is 4.79 Å². The lowest BCUT2D eigenvalue weighted by atomic mass is 10.1. The van der Waals surface area contributed by atoms with E-state index >= 15 is 0 Å². The number of halogens is 1. The Morgan fingerprint density at radius 2 is 2.17 bits per heavy atom. The summed E-state index contributed by atoms with van der Waals surface area (Å²) in [6.07, 6.45) is 4.22. The van der Waals surface area contributed by atoms with Gasteiger partial charge in [-0.1, -0.05) is 12.1 Å². The van der Waals surface area contributed by atoms with Crippen molar-refractivity contribution < 1.29 is 9.53 Å². The van der Waals surface area contributed by atoms with Crippen LogP contribution in [0.3, 0.4) is 0 Å². The summed E-state index contributed by atoms with van der Waals surface area (Å²) in [5, 5.41) is 3.23. The van der Waals surface area contributed by atoms with Crippen molar-refractivity contribution in [3.8, 4) is 5.75 Å². The normalized spacial score (nSPS) is 17.2. The van der Waals surface area contributed by atoms with Gasteiger partial charge in [0.1, 0.15) is 22.5 Å². The maximum Gasteiger partial charge on any atom is 0.263 e. The molecular weight excluding hydrogens is 410 g/mol. The van der Waals surface area contributed by atoms with E-state index in [1.165, 1.54) is 11.3 Å². The van der Waals surface area contributed by atoms with Crippen molar-refractivity contribution in [1.29, 1.82) is 0 Å². The molecule has 0 unspecified atom stereocenters. The highest BCUT2D eigenvalue weighted by molar-refractivity contribution is 7.11. The van der Waals surface area contributed by atoms with Crippen LogP contribution in [0.4, 0.5) is 5.82 Å². The number of anilines is 1. The molecule has 1 N–H and O–H groups in total. The van der Waals surface area contributed by atoms with Crippen LogP contribution in [0.1, 0.15) is 34.6 Å². The Labute approximate surface area is 177 Å². The first kappa shape index (κ1) is 19.6. The summed E-state index contributed by atoms with van der Waals surface area (Å²) >= 11 is 7.21. The first-order valence-electron chi connectivity index (χ1n) is 9.28. The van der Waals surface area contributed by atoms with E-state index < -0.39 is 0 Å². The third-order valence-electron chi connectivity index (χ3n) is 4.77. The van der Waals surface area contributed by atoms with E-state index in [2.05, 4.69) is 25.2 Å². The number of hydrogen-bond acceptors (Lipinski definition) is 7. The standard InChI is InChI=1S/C20H20ClN5O2S/c1-13(24-19(27)17-10-22-12-29-17)14-2-4-15(5-3-14)28-16-7-9-26(11-16)18-6-8-23-20(21)25-18/h2-6,8,10,12-13,16H,7,9,11H2,1H3,(H,24,27)/t13-,16+/m0/s1. The minimum Gasteiger partial charge on any atom is -0.489 e. The number of amides is 1. The average Bonchev–Trinajstić information content (AvgIpc) is 3.41. The number of benzene rings is 1. The van der Waals surface area contributed by atoms with Gasteiger partial charge in [-0.05, 0) is 42.3 Å². The van der Waals surface area contributed by atoms with Gasteiger partial charge in [0.05, 0.1) is 24.3 Å². The van der Waals surface area contributed by atoms with Crippen LogP contribution in [-0.4, -0.2) is 40.1 Å². The molecule has 1 saturated heterocycles. The molecule has 0 radical (unpaired) electrons. The number of thiazole rings is 1. The lowest BCUT2D eigenvalue weighted by Crippen LogP contribution is -2.26. The first-order chi connectivity index (χ1) is 14.1. The van der Waals surface area contributed by atoms with Crippen molar-refractivity contribution in [3.05, 3.63) is 64.0 Å². The van der Waals surface area contributed by atoms with E-state index in [0.29, 0.717) is 4.88 Å². The Bertz CT molecular complexity index is 967. The Kier molecular flexibility index (Phi) is 5.92. The Hall–Kier alpha value is -2.71. The van der Waals surface area contributed by atoms with Crippen molar-refractivity contribution >= 4 is 34.7 Å². The van der Waals surface area contributed by atoms with E-state index in [-0.39, 0.29) is 23.3 Å². The Balaban J connectivity index is 1.32. The number of carbonyl (C=O) groups is 1. The number of hydrogen-bond donors (Lipinski definition) is 1. The van der Waals surface area contributed by atoms with Crippen LogP contribution in [0.25, 0.3) is 0 Å². The van der Waals surface area contributed by atoms with Gasteiger partial charge < -0.3 is 15.0 Å². The highest BCUT2D eigenvalue weighted by Crippen LogP contribution is 2.24. The minimum absolute atomic E-state index is 0.0815. The number of rotatable bonds is 6. The fraction of sp³-hybridized carbons (Fsp3) is 0.300. The van der Waals surface area contributed by atoms with Crippen LogP contribution in [-0.2, 0) is 0 Å². The predicted octanol–water partition coefficient (Wildman–Crippen LogP) is 3.74. The molecule has 1 aliphatic heterocycles.